The average molecular weight is 207 g/mol. The van der Waals surface area contributed by atoms with Gasteiger partial charge in [-0.2, -0.15) is 5.10 Å². The zero-order valence-corrected chi connectivity index (χ0v) is 9.02. The monoisotopic (exact) mass is 207 g/mol. The molecule has 0 saturated heterocycles. The van der Waals surface area contributed by atoms with Crippen molar-refractivity contribution in [2.45, 2.75) is 20.5 Å². The molecule has 0 unspecified atom stereocenters. The van der Waals surface area contributed by atoms with Crippen molar-refractivity contribution in [2.75, 3.05) is 0 Å². The topological polar surface area (TPSA) is 53.1 Å². The summed E-state index contributed by atoms with van der Waals surface area (Å²) in [5.74, 6) is 0.820. The number of aryl methyl sites for hydroxylation is 2. The molecule has 5 heteroatoms. The number of hydrogen-bond acceptors (Lipinski definition) is 4. The van der Waals surface area contributed by atoms with E-state index in [9.17, 15) is 0 Å². The zero-order chi connectivity index (χ0) is 10.8. The lowest BCUT2D eigenvalue weighted by Gasteiger charge is -2.03. The van der Waals surface area contributed by atoms with Crippen LogP contribution in [0.3, 0.4) is 0 Å². The molecule has 0 spiro atoms. The van der Waals surface area contributed by atoms with Crippen LogP contribution in [-0.2, 0) is 13.7 Å². The fourth-order valence-electron chi connectivity index (χ4n) is 1.42. The van der Waals surface area contributed by atoms with Gasteiger partial charge in [-0.15, -0.1) is 0 Å². The molecular formula is C10H13N3O2. The smallest absolute Gasteiger partial charge is 0.163 e. The van der Waals surface area contributed by atoms with Crippen LogP contribution in [0.15, 0.2) is 16.9 Å². The molecule has 2 aromatic heterocycles. The minimum absolute atomic E-state index is 0.407. The van der Waals surface area contributed by atoms with Crippen LogP contribution in [0.25, 0.3) is 0 Å². The second-order valence-corrected chi connectivity index (χ2v) is 3.40. The van der Waals surface area contributed by atoms with Crippen molar-refractivity contribution in [1.82, 2.24) is 14.9 Å². The Morgan fingerprint density at radius 1 is 1.47 bits per heavy atom. The lowest BCUT2D eigenvalue weighted by Crippen LogP contribution is -1.98. The summed E-state index contributed by atoms with van der Waals surface area (Å²) >= 11 is 0. The summed E-state index contributed by atoms with van der Waals surface area (Å²) in [7, 11) is 1.89. The van der Waals surface area contributed by atoms with E-state index < -0.39 is 0 Å². The van der Waals surface area contributed by atoms with Crippen LogP contribution >= 0.6 is 0 Å². The molecular weight excluding hydrogens is 194 g/mol. The Balaban J connectivity index is 2.11. The van der Waals surface area contributed by atoms with Gasteiger partial charge >= 0.3 is 0 Å². The minimum Gasteiger partial charge on any atom is -0.483 e. The second-order valence-electron chi connectivity index (χ2n) is 3.40. The van der Waals surface area contributed by atoms with Gasteiger partial charge in [-0.05, 0) is 13.8 Å². The van der Waals surface area contributed by atoms with E-state index in [1.165, 1.54) is 6.26 Å². The number of nitrogens with zero attached hydrogens (tertiary/aromatic N) is 3. The Bertz CT molecular complexity index is 445. The normalized spacial score (nSPS) is 10.6. The quantitative estimate of drug-likeness (QED) is 0.767. The molecule has 2 rings (SSSR count). The SMILES string of the molecule is Cc1nn(C)c(C)c1OCc1ccon1. The first kappa shape index (κ1) is 9.76. The third kappa shape index (κ3) is 1.86. The summed E-state index contributed by atoms with van der Waals surface area (Å²) in [4.78, 5) is 0. The average Bonchev–Trinajstić information content (AvgIpc) is 2.76. The molecule has 2 aromatic rings. The van der Waals surface area contributed by atoms with Crippen molar-refractivity contribution in [2.24, 2.45) is 7.05 Å². The molecule has 0 N–H and O–H groups in total. The molecule has 0 bridgehead atoms. The molecule has 0 fully saturated rings. The Morgan fingerprint density at radius 2 is 2.27 bits per heavy atom. The van der Waals surface area contributed by atoms with E-state index in [-0.39, 0.29) is 0 Å². The minimum atomic E-state index is 0.407. The Kier molecular flexibility index (Phi) is 2.45. The summed E-state index contributed by atoms with van der Waals surface area (Å²) in [5.41, 5.74) is 2.67. The summed E-state index contributed by atoms with van der Waals surface area (Å²) < 4.78 is 12.1. The fraction of sp³-hybridized carbons (Fsp3) is 0.400. The highest BCUT2D eigenvalue weighted by molar-refractivity contribution is 5.31. The van der Waals surface area contributed by atoms with Gasteiger partial charge in [0.25, 0.3) is 0 Å². The lowest BCUT2D eigenvalue weighted by molar-refractivity contribution is 0.285. The van der Waals surface area contributed by atoms with Gasteiger partial charge in [0.1, 0.15) is 24.3 Å². The molecule has 0 radical (unpaired) electrons. The first-order valence-corrected chi connectivity index (χ1v) is 4.70. The highest BCUT2D eigenvalue weighted by atomic mass is 16.5. The highest BCUT2D eigenvalue weighted by Crippen LogP contribution is 2.22. The maximum atomic E-state index is 5.63. The van der Waals surface area contributed by atoms with E-state index >= 15 is 0 Å². The van der Waals surface area contributed by atoms with Gasteiger partial charge in [0.05, 0.1) is 5.69 Å². The standard InChI is InChI=1S/C10H13N3O2/c1-7-10(8(2)13(3)11-7)14-6-9-4-5-15-12-9/h4-5H,6H2,1-3H3. The van der Waals surface area contributed by atoms with E-state index in [0.717, 1.165) is 22.8 Å². The van der Waals surface area contributed by atoms with Crippen molar-refractivity contribution in [1.29, 1.82) is 0 Å². The molecule has 0 aliphatic rings. The fourth-order valence-corrected chi connectivity index (χ4v) is 1.42. The molecule has 0 amide bonds. The van der Waals surface area contributed by atoms with Crippen LogP contribution in [0, 0.1) is 13.8 Å². The van der Waals surface area contributed by atoms with Gasteiger partial charge in [-0.1, -0.05) is 5.16 Å². The molecule has 0 saturated carbocycles. The van der Waals surface area contributed by atoms with E-state index in [4.69, 9.17) is 9.26 Å². The Morgan fingerprint density at radius 3 is 2.80 bits per heavy atom. The predicted molar refractivity (Wildman–Crippen MR) is 53.5 cm³/mol. The van der Waals surface area contributed by atoms with Crippen LogP contribution in [-0.4, -0.2) is 14.9 Å². The summed E-state index contributed by atoms with van der Waals surface area (Å²) in [6.45, 7) is 4.30. The molecule has 5 nitrogen and oxygen atoms in total. The van der Waals surface area contributed by atoms with Crippen LogP contribution in [0.5, 0.6) is 5.75 Å². The van der Waals surface area contributed by atoms with Crippen LogP contribution < -0.4 is 4.74 Å². The van der Waals surface area contributed by atoms with Crippen molar-refractivity contribution in [3.8, 4) is 5.75 Å². The zero-order valence-electron chi connectivity index (χ0n) is 9.02. The first-order chi connectivity index (χ1) is 7.18. The number of ether oxygens (including phenoxy) is 1. The van der Waals surface area contributed by atoms with Gasteiger partial charge in [0, 0.05) is 13.1 Å². The Labute approximate surface area is 87.6 Å². The largest absolute Gasteiger partial charge is 0.483 e. The lowest BCUT2D eigenvalue weighted by atomic mass is 10.3. The third-order valence-electron chi connectivity index (χ3n) is 2.30. The first-order valence-electron chi connectivity index (χ1n) is 4.70. The van der Waals surface area contributed by atoms with Crippen molar-refractivity contribution >= 4 is 0 Å². The van der Waals surface area contributed by atoms with Crippen LogP contribution in [0.4, 0.5) is 0 Å². The summed E-state index contributed by atoms with van der Waals surface area (Å²) in [6, 6.07) is 1.78. The number of rotatable bonds is 3. The van der Waals surface area contributed by atoms with E-state index in [1.807, 2.05) is 20.9 Å². The summed E-state index contributed by atoms with van der Waals surface area (Å²) in [6.07, 6.45) is 1.53. The van der Waals surface area contributed by atoms with Gasteiger partial charge < -0.3 is 9.26 Å². The van der Waals surface area contributed by atoms with Gasteiger partial charge in [0.2, 0.25) is 0 Å². The molecule has 80 valence electrons. The maximum Gasteiger partial charge on any atom is 0.163 e. The summed E-state index contributed by atoms with van der Waals surface area (Å²) in [5, 5.41) is 8.03. The van der Waals surface area contributed by atoms with E-state index in [2.05, 4.69) is 10.3 Å². The third-order valence-corrected chi connectivity index (χ3v) is 2.30. The predicted octanol–water partition coefficient (Wildman–Crippen LogP) is 1.60. The molecule has 0 aliphatic carbocycles. The van der Waals surface area contributed by atoms with Crippen molar-refractivity contribution in [3.63, 3.8) is 0 Å². The van der Waals surface area contributed by atoms with Gasteiger partial charge in [0.15, 0.2) is 5.75 Å². The van der Waals surface area contributed by atoms with Crippen LogP contribution in [0.2, 0.25) is 0 Å². The highest BCUT2D eigenvalue weighted by Gasteiger charge is 2.10. The molecule has 0 aliphatic heterocycles. The molecule has 0 atom stereocenters. The molecule has 15 heavy (non-hydrogen) atoms. The van der Waals surface area contributed by atoms with Crippen LogP contribution in [0.1, 0.15) is 17.1 Å². The second kappa shape index (κ2) is 3.76. The molecule has 2 heterocycles. The van der Waals surface area contributed by atoms with E-state index in [0.29, 0.717) is 6.61 Å². The van der Waals surface area contributed by atoms with Crippen molar-refractivity contribution in [3.05, 3.63) is 29.4 Å². The van der Waals surface area contributed by atoms with Crippen molar-refractivity contribution < 1.29 is 9.26 Å². The number of hydrogen-bond donors (Lipinski definition) is 0. The van der Waals surface area contributed by atoms with Gasteiger partial charge in [-0.3, -0.25) is 4.68 Å². The maximum absolute atomic E-state index is 5.63. The number of aromatic nitrogens is 3. The Hall–Kier alpha value is -1.78. The molecule has 0 aromatic carbocycles. The van der Waals surface area contributed by atoms with E-state index in [1.54, 1.807) is 10.7 Å². The van der Waals surface area contributed by atoms with Gasteiger partial charge in [-0.25, -0.2) is 0 Å².